The molecule has 2 aromatic carbocycles. The van der Waals surface area contributed by atoms with Gasteiger partial charge in [0.15, 0.2) is 0 Å². The van der Waals surface area contributed by atoms with E-state index in [-0.39, 0.29) is 18.4 Å². The lowest BCUT2D eigenvalue weighted by molar-refractivity contribution is -0.137. The molecule has 0 radical (unpaired) electrons. The lowest BCUT2D eigenvalue weighted by Gasteiger charge is -2.19. The minimum atomic E-state index is -4.43. The van der Waals surface area contributed by atoms with E-state index < -0.39 is 17.7 Å². The largest absolute Gasteiger partial charge is 0.416 e. The maximum absolute atomic E-state index is 13.3. The molecule has 1 amide bonds. The van der Waals surface area contributed by atoms with Crippen LogP contribution in [0.15, 0.2) is 48.7 Å². The first-order chi connectivity index (χ1) is 13.7. The number of nitrogens with one attached hydrogen (secondary N) is 2. The Balaban J connectivity index is 2.11. The topological polar surface area (TPSA) is 44.9 Å². The summed E-state index contributed by atoms with van der Waals surface area (Å²) in [5, 5.41) is 3.78. The molecule has 29 heavy (non-hydrogen) atoms. The van der Waals surface area contributed by atoms with Gasteiger partial charge in [0, 0.05) is 35.5 Å². The molecule has 0 aliphatic carbocycles. The first-order valence-electron chi connectivity index (χ1n) is 9.76. The molecular weight excluding hydrogens is 377 g/mol. The van der Waals surface area contributed by atoms with E-state index in [0.717, 1.165) is 40.6 Å². The molecule has 1 heterocycles. The number of rotatable bonds is 6. The fourth-order valence-corrected chi connectivity index (χ4v) is 3.73. The first-order valence-corrected chi connectivity index (χ1v) is 9.76. The highest BCUT2D eigenvalue weighted by Gasteiger charge is 2.32. The number of fused-ring (bicyclic) bond motifs is 1. The number of para-hydroxylation sites is 1. The van der Waals surface area contributed by atoms with E-state index in [4.69, 9.17) is 0 Å². The van der Waals surface area contributed by atoms with E-state index in [1.807, 2.05) is 38.2 Å². The van der Waals surface area contributed by atoms with Gasteiger partial charge in [-0.25, -0.2) is 0 Å². The van der Waals surface area contributed by atoms with Crippen molar-refractivity contribution in [3.63, 3.8) is 0 Å². The monoisotopic (exact) mass is 402 g/mol. The molecule has 1 aromatic heterocycles. The van der Waals surface area contributed by atoms with Crippen LogP contribution in [0.3, 0.4) is 0 Å². The average molecular weight is 402 g/mol. The van der Waals surface area contributed by atoms with Gasteiger partial charge in [0.2, 0.25) is 5.91 Å². The summed E-state index contributed by atoms with van der Waals surface area (Å²) in [7, 11) is 0. The Labute approximate surface area is 168 Å². The SMILES string of the molecule is CCc1cccc2c([C@@H](CC(=O)NC(C)C)c3cccc(C(F)(F)F)c3)c[nH]c12. The highest BCUT2D eigenvalue weighted by molar-refractivity contribution is 5.88. The van der Waals surface area contributed by atoms with Crippen LogP contribution in [0.2, 0.25) is 0 Å². The van der Waals surface area contributed by atoms with Gasteiger partial charge in [0.05, 0.1) is 5.56 Å². The number of H-pyrrole nitrogens is 1. The van der Waals surface area contributed by atoms with Crippen LogP contribution in [-0.4, -0.2) is 16.9 Å². The Morgan fingerprint density at radius 1 is 1.14 bits per heavy atom. The number of benzene rings is 2. The van der Waals surface area contributed by atoms with Crippen LogP contribution in [0.25, 0.3) is 10.9 Å². The fourth-order valence-electron chi connectivity index (χ4n) is 3.73. The highest BCUT2D eigenvalue weighted by Crippen LogP contribution is 2.37. The van der Waals surface area contributed by atoms with Gasteiger partial charge in [0.1, 0.15) is 0 Å². The van der Waals surface area contributed by atoms with E-state index in [0.29, 0.717) is 5.56 Å². The van der Waals surface area contributed by atoms with Crippen LogP contribution in [0.1, 0.15) is 55.4 Å². The van der Waals surface area contributed by atoms with Crippen molar-refractivity contribution >= 4 is 16.8 Å². The highest BCUT2D eigenvalue weighted by atomic mass is 19.4. The minimum Gasteiger partial charge on any atom is -0.361 e. The fraction of sp³-hybridized carbons (Fsp3) is 0.348. The van der Waals surface area contributed by atoms with Crippen molar-refractivity contribution in [2.75, 3.05) is 0 Å². The van der Waals surface area contributed by atoms with Crippen molar-refractivity contribution in [3.8, 4) is 0 Å². The number of hydrogen-bond acceptors (Lipinski definition) is 1. The van der Waals surface area contributed by atoms with Gasteiger partial charge < -0.3 is 10.3 Å². The van der Waals surface area contributed by atoms with Crippen LogP contribution < -0.4 is 5.32 Å². The van der Waals surface area contributed by atoms with Crippen LogP contribution in [0, 0.1) is 0 Å². The minimum absolute atomic E-state index is 0.0423. The van der Waals surface area contributed by atoms with E-state index in [9.17, 15) is 18.0 Å². The number of carbonyl (C=O) groups is 1. The summed E-state index contributed by atoms with van der Waals surface area (Å²) < 4.78 is 39.8. The van der Waals surface area contributed by atoms with E-state index in [1.165, 1.54) is 6.07 Å². The number of halogens is 3. The Bertz CT molecular complexity index is 1000. The summed E-state index contributed by atoms with van der Waals surface area (Å²) >= 11 is 0. The van der Waals surface area contributed by atoms with E-state index >= 15 is 0 Å². The predicted molar refractivity (Wildman–Crippen MR) is 109 cm³/mol. The van der Waals surface area contributed by atoms with Crippen molar-refractivity contribution in [3.05, 3.63) is 70.9 Å². The lowest BCUT2D eigenvalue weighted by Crippen LogP contribution is -2.31. The molecule has 0 spiro atoms. The lowest BCUT2D eigenvalue weighted by atomic mass is 9.86. The molecule has 3 aromatic rings. The van der Waals surface area contributed by atoms with Crippen molar-refractivity contribution in [1.29, 1.82) is 0 Å². The third-order valence-electron chi connectivity index (χ3n) is 5.05. The second-order valence-corrected chi connectivity index (χ2v) is 7.54. The Kier molecular flexibility index (Phi) is 6.01. The molecule has 3 nitrogen and oxygen atoms in total. The van der Waals surface area contributed by atoms with Gasteiger partial charge in [-0.05, 0) is 43.0 Å². The summed E-state index contributed by atoms with van der Waals surface area (Å²) in [4.78, 5) is 15.8. The molecular formula is C23H25F3N2O. The Morgan fingerprint density at radius 2 is 1.86 bits per heavy atom. The molecule has 0 bridgehead atoms. The number of aromatic nitrogens is 1. The van der Waals surface area contributed by atoms with Crippen molar-refractivity contribution in [2.45, 2.75) is 51.7 Å². The molecule has 1 atom stereocenters. The van der Waals surface area contributed by atoms with Crippen LogP contribution in [0.5, 0.6) is 0 Å². The van der Waals surface area contributed by atoms with Gasteiger partial charge in [-0.15, -0.1) is 0 Å². The number of amides is 1. The summed E-state index contributed by atoms with van der Waals surface area (Å²) in [6, 6.07) is 11.1. The molecule has 0 aliphatic heterocycles. The Hall–Kier alpha value is -2.76. The summed E-state index contributed by atoms with van der Waals surface area (Å²) in [5.41, 5.74) is 2.68. The molecule has 0 fully saturated rings. The van der Waals surface area contributed by atoms with Gasteiger partial charge in [0.25, 0.3) is 0 Å². The zero-order chi connectivity index (χ0) is 21.2. The quantitative estimate of drug-likeness (QED) is 0.538. The molecule has 6 heteroatoms. The molecule has 0 saturated carbocycles. The standard InChI is InChI=1S/C23H25F3N2O/c1-4-15-7-6-10-18-20(13-27-22(15)18)19(12-21(29)28-14(2)3)16-8-5-9-17(11-16)23(24,25)26/h5-11,13-14,19,27H,4,12H2,1-3H3,(H,28,29)/t19-/m0/s1. The summed E-state index contributed by atoms with van der Waals surface area (Å²) in [6.45, 7) is 5.77. The summed E-state index contributed by atoms with van der Waals surface area (Å²) in [5.74, 6) is -0.680. The van der Waals surface area contributed by atoms with Crippen LogP contribution in [-0.2, 0) is 17.4 Å². The number of carbonyl (C=O) groups excluding carboxylic acids is 1. The van der Waals surface area contributed by atoms with Gasteiger partial charge >= 0.3 is 6.18 Å². The number of hydrogen-bond donors (Lipinski definition) is 2. The number of aromatic amines is 1. The molecule has 0 aliphatic rings. The molecule has 0 unspecified atom stereocenters. The van der Waals surface area contributed by atoms with E-state index in [2.05, 4.69) is 17.2 Å². The summed E-state index contributed by atoms with van der Waals surface area (Å²) in [6.07, 6.45) is -1.71. The zero-order valence-electron chi connectivity index (χ0n) is 16.7. The van der Waals surface area contributed by atoms with Crippen molar-refractivity contribution in [2.24, 2.45) is 0 Å². The van der Waals surface area contributed by atoms with E-state index in [1.54, 1.807) is 6.07 Å². The van der Waals surface area contributed by atoms with Crippen molar-refractivity contribution < 1.29 is 18.0 Å². The molecule has 0 saturated heterocycles. The third kappa shape index (κ3) is 4.63. The van der Waals surface area contributed by atoms with Crippen LogP contribution >= 0.6 is 0 Å². The van der Waals surface area contributed by atoms with Gasteiger partial charge in [-0.1, -0.05) is 43.3 Å². The number of alkyl halides is 3. The van der Waals surface area contributed by atoms with Crippen LogP contribution in [0.4, 0.5) is 13.2 Å². The second kappa shape index (κ2) is 8.31. The zero-order valence-corrected chi connectivity index (χ0v) is 16.7. The van der Waals surface area contributed by atoms with Crippen molar-refractivity contribution in [1.82, 2.24) is 10.3 Å². The van der Waals surface area contributed by atoms with Gasteiger partial charge in [-0.2, -0.15) is 13.2 Å². The second-order valence-electron chi connectivity index (χ2n) is 7.54. The molecule has 154 valence electrons. The first kappa shape index (κ1) is 21.0. The van der Waals surface area contributed by atoms with Gasteiger partial charge in [-0.3, -0.25) is 4.79 Å². The predicted octanol–water partition coefficient (Wildman–Crippen LogP) is 5.80. The Morgan fingerprint density at radius 3 is 2.52 bits per heavy atom. The maximum Gasteiger partial charge on any atom is 0.416 e. The maximum atomic E-state index is 13.3. The smallest absolute Gasteiger partial charge is 0.361 e. The molecule has 2 N–H and O–H groups in total. The molecule has 3 rings (SSSR count). The normalized spacial score (nSPS) is 13.1. The third-order valence-corrected chi connectivity index (χ3v) is 5.05. The average Bonchev–Trinajstić information content (AvgIpc) is 3.09. The number of aryl methyl sites for hydroxylation is 1.